The van der Waals surface area contributed by atoms with Gasteiger partial charge in [-0.1, -0.05) is 0 Å². The van der Waals surface area contributed by atoms with Gasteiger partial charge in [-0.15, -0.1) is 0 Å². The molecule has 0 aliphatic carbocycles. The van der Waals surface area contributed by atoms with Crippen LogP contribution in [0, 0.1) is 0 Å². The molecule has 0 aliphatic rings. The Kier molecular flexibility index (Phi) is 2.56. The van der Waals surface area contributed by atoms with Crippen molar-refractivity contribution in [2.24, 2.45) is 14.0 Å². The predicted octanol–water partition coefficient (Wildman–Crippen LogP) is -0.0152. The van der Waals surface area contributed by atoms with E-state index in [9.17, 15) is 14.7 Å². The number of aromatic nitrogens is 4. The number of aliphatic hydroxyl groups is 1. The fourth-order valence-electron chi connectivity index (χ4n) is 2.00. The number of fused-ring (bicyclic) bond motifs is 1. The van der Waals surface area contributed by atoms with Gasteiger partial charge < -0.3 is 9.67 Å². The molecule has 0 amide bonds. The van der Waals surface area contributed by atoms with Crippen LogP contribution in [-0.2, 0) is 20.6 Å². The second-order valence-electron chi connectivity index (χ2n) is 4.59. The highest BCUT2D eigenvalue weighted by Gasteiger charge is 2.14. The van der Waals surface area contributed by atoms with Crippen LogP contribution in [0.2, 0.25) is 0 Å². The molecule has 0 bridgehead atoms. The van der Waals surface area contributed by atoms with Crippen LogP contribution in [0.3, 0.4) is 0 Å². The molecule has 0 spiro atoms. The molecule has 7 heteroatoms. The van der Waals surface area contributed by atoms with Crippen LogP contribution in [0.1, 0.15) is 33.0 Å². The van der Waals surface area contributed by atoms with Gasteiger partial charge in [-0.05, 0) is 26.1 Å². The third-order valence-electron chi connectivity index (χ3n) is 3.00. The van der Waals surface area contributed by atoms with E-state index in [-0.39, 0.29) is 30.6 Å². The monoisotopic (exact) mass is 285 g/mol. The first-order chi connectivity index (χ1) is 11.4. The van der Waals surface area contributed by atoms with Gasteiger partial charge in [0.2, 0.25) is 0 Å². The van der Waals surface area contributed by atoms with Crippen LogP contribution in [0.15, 0.2) is 15.9 Å². The average Bonchev–Trinajstić information content (AvgIpc) is 2.82. The van der Waals surface area contributed by atoms with E-state index < -0.39 is 30.7 Å². The Bertz CT molecular complexity index is 894. The molecule has 2 aromatic heterocycles. The molecule has 110 valence electrons. The normalized spacial score (nSPS) is 18.1. The second-order valence-corrected chi connectivity index (χ2v) is 4.59. The maximum absolute atomic E-state index is 12.6. The van der Waals surface area contributed by atoms with Crippen LogP contribution in [0.5, 0.6) is 0 Å². The summed E-state index contributed by atoms with van der Waals surface area (Å²) in [6.07, 6.45) is -1.83. The van der Waals surface area contributed by atoms with E-state index in [2.05, 4.69) is 4.98 Å². The van der Waals surface area contributed by atoms with Crippen molar-refractivity contribution in [3.8, 4) is 0 Å². The predicted molar refractivity (Wildman–Crippen MR) is 75.7 cm³/mol. The van der Waals surface area contributed by atoms with E-state index in [0.29, 0.717) is 4.57 Å². The molecule has 0 saturated heterocycles. The topological polar surface area (TPSA) is 82.0 Å². The Morgan fingerprint density at radius 3 is 2.90 bits per heavy atom. The quantitative estimate of drug-likeness (QED) is 0.837. The molecule has 1 atom stereocenters. The summed E-state index contributed by atoms with van der Waals surface area (Å²) in [4.78, 5) is 28.9. The maximum atomic E-state index is 12.6. The third-order valence-corrected chi connectivity index (χ3v) is 3.00. The lowest BCUT2D eigenvalue weighted by molar-refractivity contribution is 0.180. The smallest absolute Gasteiger partial charge is 0.332 e. The first kappa shape index (κ1) is 9.12. The van der Waals surface area contributed by atoms with Gasteiger partial charge >= 0.3 is 5.69 Å². The van der Waals surface area contributed by atoms with Gasteiger partial charge in [0.1, 0.15) is 0 Å². The number of aliphatic hydroxyl groups excluding tert-OH is 1. The third kappa shape index (κ3) is 2.53. The lowest BCUT2D eigenvalue weighted by Gasteiger charge is -2.09. The highest BCUT2D eigenvalue weighted by Crippen LogP contribution is 2.04. The molecule has 0 radical (unpaired) electrons. The second kappa shape index (κ2) is 5.62. The van der Waals surface area contributed by atoms with Gasteiger partial charge in [-0.3, -0.25) is 13.9 Å². The molecule has 7 nitrogen and oxygen atoms in total. The molecule has 0 unspecified atom stereocenters. The summed E-state index contributed by atoms with van der Waals surface area (Å²) in [7, 11) is 1.52. The summed E-state index contributed by atoms with van der Waals surface area (Å²) in [6.45, 7) is -1.66. The largest absolute Gasteiger partial charge is 0.393 e. The van der Waals surface area contributed by atoms with Gasteiger partial charge in [0.05, 0.1) is 12.4 Å². The van der Waals surface area contributed by atoms with Crippen LogP contribution >= 0.6 is 0 Å². The fourth-order valence-corrected chi connectivity index (χ4v) is 2.00. The zero-order chi connectivity index (χ0) is 19.2. The molecule has 0 fully saturated rings. The minimum Gasteiger partial charge on any atom is -0.393 e. The van der Waals surface area contributed by atoms with Gasteiger partial charge in [0, 0.05) is 27.4 Å². The van der Waals surface area contributed by atoms with E-state index in [0.717, 1.165) is 4.57 Å². The lowest BCUT2D eigenvalue weighted by atomic mass is 10.2. The molecule has 0 aromatic carbocycles. The molecule has 2 aromatic rings. The van der Waals surface area contributed by atoms with Crippen LogP contribution in [0.25, 0.3) is 11.2 Å². The van der Waals surface area contributed by atoms with Crippen molar-refractivity contribution in [2.75, 3.05) is 0 Å². The highest BCUT2D eigenvalue weighted by molar-refractivity contribution is 5.69. The Morgan fingerprint density at radius 1 is 1.50 bits per heavy atom. The Hall–Kier alpha value is -1.89. The summed E-state index contributed by atoms with van der Waals surface area (Å²) < 4.78 is 40.6. The minimum atomic E-state index is -2.81. The number of rotatable bonds is 5. The lowest BCUT2D eigenvalue weighted by Crippen LogP contribution is -2.39. The Morgan fingerprint density at radius 2 is 2.25 bits per heavy atom. The van der Waals surface area contributed by atoms with Crippen LogP contribution < -0.4 is 11.2 Å². The van der Waals surface area contributed by atoms with E-state index in [4.69, 9.17) is 6.85 Å². The molecule has 2 rings (SSSR count). The number of hydrogen-bond donors (Lipinski definition) is 1. The fraction of sp³-hybridized carbons (Fsp3) is 0.615. The van der Waals surface area contributed by atoms with Crippen molar-refractivity contribution < 1.29 is 12.0 Å². The maximum Gasteiger partial charge on any atom is 0.332 e. The molecular formula is C13H20N4O3. The summed E-state index contributed by atoms with van der Waals surface area (Å²) in [6, 6.07) is 0. The van der Waals surface area contributed by atoms with E-state index in [1.54, 1.807) is 0 Å². The zero-order valence-corrected chi connectivity index (χ0v) is 11.3. The van der Waals surface area contributed by atoms with Crippen molar-refractivity contribution in [3.63, 3.8) is 0 Å². The number of aryl methyl sites for hydroxylation is 2. The van der Waals surface area contributed by atoms with Gasteiger partial charge in [0.25, 0.3) is 5.56 Å². The summed E-state index contributed by atoms with van der Waals surface area (Å²) in [5.41, 5.74) is -1.94. The van der Waals surface area contributed by atoms with Crippen molar-refractivity contribution in [1.29, 1.82) is 0 Å². The number of hydrogen-bond acceptors (Lipinski definition) is 4. The van der Waals surface area contributed by atoms with Crippen LogP contribution in [0.4, 0.5) is 0 Å². The Labute approximate surface area is 123 Å². The van der Waals surface area contributed by atoms with E-state index in [1.807, 2.05) is 0 Å². The van der Waals surface area contributed by atoms with Crippen molar-refractivity contribution >= 4 is 11.2 Å². The van der Waals surface area contributed by atoms with E-state index in [1.165, 1.54) is 24.9 Å². The SMILES string of the molecule is [2H]C([2H])(CCCn1c(=O)c2c(ncn2C)n(C([2H])([2H])[2H])c1=O)[C@@H](C)O. The molecule has 20 heavy (non-hydrogen) atoms. The first-order valence-corrected chi connectivity index (χ1v) is 6.23. The molecule has 0 saturated carbocycles. The molecule has 0 aliphatic heterocycles. The summed E-state index contributed by atoms with van der Waals surface area (Å²) in [5, 5.41) is 9.39. The van der Waals surface area contributed by atoms with Crippen molar-refractivity contribution in [3.05, 3.63) is 27.2 Å². The molecule has 1 N–H and O–H groups in total. The van der Waals surface area contributed by atoms with Crippen LogP contribution in [-0.4, -0.2) is 29.9 Å². The summed E-state index contributed by atoms with van der Waals surface area (Å²) >= 11 is 0. The standard InChI is InChI=1S/C13H20N4O3/c1-9(18)6-4-5-7-17-12(19)10-11(14-8-15(10)2)16(3)13(17)20/h8-9,18H,4-7H2,1-3H3/t9-/m1/s1/i3D3,6D2. The number of nitrogens with zero attached hydrogens (tertiary/aromatic N) is 4. The minimum absolute atomic E-state index is 0.0192. The Balaban J connectivity index is 2.52. The van der Waals surface area contributed by atoms with E-state index >= 15 is 0 Å². The molecule has 2 heterocycles. The first-order valence-electron chi connectivity index (χ1n) is 8.73. The summed E-state index contributed by atoms with van der Waals surface area (Å²) in [5.74, 6) is 0. The van der Waals surface area contributed by atoms with Crippen molar-refractivity contribution in [2.45, 2.75) is 38.8 Å². The van der Waals surface area contributed by atoms with Gasteiger partial charge in [-0.25, -0.2) is 9.78 Å². The van der Waals surface area contributed by atoms with Gasteiger partial charge in [0.15, 0.2) is 11.2 Å². The number of imidazole rings is 1. The zero-order valence-electron chi connectivity index (χ0n) is 16.3. The molecular weight excluding hydrogens is 260 g/mol. The van der Waals surface area contributed by atoms with Gasteiger partial charge in [-0.2, -0.15) is 0 Å². The average molecular weight is 285 g/mol. The highest BCUT2D eigenvalue weighted by atomic mass is 16.3. The van der Waals surface area contributed by atoms with Crippen molar-refractivity contribution in [1.82, 2.24) is 18.7 Å².